The smallest absolute Gasteiger partial charge is 0.350 e. The summed E-state index contributed by atoms with van der Waals surface area (Å²) in [5.74, 6) is -1.12. The monoisotopic (exact) mass is 399 g/mol. The summed E-state index contributed by atoms with van der Waals surface area (Å²) in [7, 11) is 0. The van der Waals surface area contributed by atoms with Crippen LogP contribution in [0.4, 0.5) is 18.9 Å². The Kier molecular flexibility index (Phi) is 6.43. The summed E-state index contributed by atoms with van der Waals surface area (Å²) in [5, 5.41) is 4.71. The number of nitrogens with zero attached hydrogens (tertiary/aromatic N) is 1. The third kappa shape index (κ3) is 5.68. The van der Waals surface area contributed by atoms with Gasteiger partial charge < -0.3 is 10.6 Å². The number of nitrogens with one attached hydrogen (secondary N) is 2. The minimum absolute atomic E-state index is 0.00421. The van der Waals surface area contributed by atoms with Crippen molar-refractivity contribution in [3.8, 4) is 0 Å². The van der Waals surface area contributed by atoms with Gasteiger partial charge in [0.25, 0.3) is 11.8 Å². The molecule has 0 aliphatic rings. The van der Waals surface area contributed by atoms with Crippen molar-refractivity contribution in [2.24, 2.45) is 5.92 Å². The maximum absolute atomic E-state index is 13.1. The van der Waals surface area contributed by atoms with Gasteiger partial charge in [-0.05, 0) is 36.2 Å². The van der Waals surface area contributed by atoms with Crippen molar-refractivity contribution in [3.63, 3.8) is 0 Å². The van der Waals surface area contributed by atoms with Crippen molar-refractivity contribution in [2.45, 2.75) is 20.0 Å². The fourth-order valence-electron chi connectivity index (χ4n) is 2.12. The van der Waals surface area contributed by atoms with Crippen LogP contribution >= 0.6 is 11.6 Å². The van der Waals surface area contributed by atoms with E-state index in [9.17, 15) is 22.8 Å². The van der Waals surface area contributed by atoms with Gasteiger partial charge in [-0.25, -0.2) is 4.98 Å². The molecule has 2 aromatic rings. The molecule has 0 atom stereocenters. The molecule has 0 unspecified atom stereocenters. The molecule has 0 saturated heterocycles. The Morgan fingerprint density at radius 3 is 2.33 bits per heavy atom. The van der Waals surface area contributed by atoms with Crippen LogP contribution in [0.25, 0.3) is 0 Å². The third-order valence-electron chi connectivity index (χ3n) is 3.42. The summed E-state index contributed by atoms with van der Waals surface area (Å²) in [5.41, 5.74) is -1.71. The highest BCUT2D eigenvalue weighted by Gasteiger charge is 2.34. The Labute approximate surface area is 158 Å². The van der Waals surface area contributed by atoms with Crippen LogP contribution in [-0.4, -0.2) is 23.3 Å². The summed E-state index contributed by atoms with van der Waals surface area (Å²) in [6.45, 7) is 4.26. The number of hydrogen-bond acceptors (Lipinski definition) is 3. The molecule has 9 heteroatoms. The molecule has 2 rings (SSSR count). The Balaban J connectivity index is 2.22. The highest BCUT2D eigenvalue weighted by Crippen LogP contribution is 2.36. The van der Waals surface area contributed by atoms with E-state index in [-0.39, 0.29) is 22.3 Å². The third-order valence-corrected chi connectivity index (χ3v) is 3.66. The molecule has 0 radical (unpaired) electrons. The van der Waals surface area contributed by atoms with Gasteiger partial charge >= 0.3 is 6.18 Å². The lowest BCUT2D eigenvalue weighted by Gasteiger charge is -2.14. The molecule has 27 heavy (non-hydrogen) atoms. The first-order valence-electron chi connectivity index (χ1n) is 8.01. The van der Waals surface area contributed by atoms with E-state index in [1.54, 1.807) is 0 Å². The maximum atomic E-state index is 13.1. The van der Waals surface area contributed by atoms with Crippen LogP contribution in [0.15, 0.2) is 36.4 Å². The van der Waals surface area contributed by atoms with Crippen LogP contribution in [0.2, 0.25) is 5.02 Å². The van der Waals surface area contributed by atoms with Crippen LogP contribution in [0.1, 0.15) is 40.4 Å². The number of aromatic nitrogens is 1. The van der Waals surface area contributed by atoms with E-state index in [2.05, 4.69) is 15.6 Å². The van der Waals surface area contributed by atoms with Crippen LogP contribution in [0.3, 0.4) is 0 Å². The molecule has 1 heterocycles. The van der Waals surface area contributed by atoms with Gasteiger partial charge in [-0.1, -0.05) is 31.5 Å². The Morgan fingerprint density at radius 1 is 1.11 bits per heavy atom. The van der Waals surface area contributed by atoms with Crippen molar-refractivity contribution >= 4 is 29.1 Å². The van der Waals surface area contributed by atoms with Gasteiger partial charge in [-0.2, -0.15) is 13.2 Å². The molecular weight excluding hydrogens is 383 g/mol. The topological polar surface area (TPSA) is 71.1 Å². The number of carbonyl (C=O) groups excluding carboxylic acids is 2. The zero-order chi connectivity index (χ0) is 20.2. The fourth-order valence-corrected chi connectivity index (χ4v) is 2.29. The average molecular weight is 400 g/mol. The van der Waals surface area contributed by atoms with E-state index in [4.69, 9.17) is 11.6 Å². The van der Waals surface area contributed by atoms with E-state index in [1.807, 2.05) is 13.8 Å². The number of amides is 2. The molecule has 2 amide bonds. The molecule has 144 valence electrons. The van der Waals surface area contributed by atoms with Gasteiger partial charge in [0, 0.05) is 11.6 Å². The van der Waals surface area contributed by atoms with Gasteiger partial charge in [0.05, 0.1) is 11.3 Å². The minimum Gasteiger partial charge on any atom is -0.350 e. The summed E-state index contributed by atoms with van der Waals surface area (Å²) in [6, 6.07) is 7.16. The standard InChI is InChI=1S/C18H17ClF3N3O2/c1-10(2)9-23-16(26)14-4-3-5-15(24-14)17(27)25-13-7-6-11(19)8-12(13)18(20,21)22/h3-8,10H,9H2,1-2H3,(H,23,26)(H,25,27). The summed E-state index contributed by atoms with van der Waals surface area (Å²) < 4.78 is 39.4. The predicted molar refractivity (Wildman–Crippen MR) is 95.8 cm³/mol. The molecule has 0 bridgehead atoms. The first-order chi connectivity index (χ1) is 12.6. The number of rotatable bonds is 5. The van der Waals surface area contributed by atoms with Gasteiger partial charge in [-0.3, -0.25) is 9.59 Å². The van der Waals surface area contributed by atoms with Crippen molar-refractivity contribution in [3.05, 3.63) is 58.4 Å². The maximum Gasteiger partial charge on any atom is 0.418 e. The zero-order valence-corrected chi connectivity index (χ0v) is 15.3. The predicted octanol–water partition coefficient (Wildman–Crippen LogP) is 4.39. The number of anilines is 1. The quantitative estimate of drug-likeness (QED) is 0.783. The van der Waals surface area contributed by atoms with E-state index in [0.717, 1.165) is 12.1 Å². The lowest BCUT2D eigenvalue weighted by atomic mass is 10.1. The molecule has 0 aliphatic heterocycles. The van der Waals surface area contributed by atoms with Crippen LogP contribution < -0.4 is 10.6 Å². The normalized spacial score (nSPS) is 11.4. The van der Waals surface area contributed by atoms with Crippen molar-refractivity contribution < 1.29 is 22.8 Å². The van der Waals surface area contributed by atoms with Crippen LogP contribution in [0.5, 0.6) is 0 Å². The summed E-state index contributed by atoms with van der Waals surface area (Å²) in [4.78, 5) is 28.3. The Bertz CT molecular complexity index is 854. The van der Waals surface area contributed by atoms with Gasteiger partial charge in [-0.15, -0.1) is 0 Å². The van der Waals surface area contributed by atoms with Crippen LogP contribution in [0, 0.1) is 5.92 Å². The highest BCUT2D eigenvalue weighted by atomic mass is 35.5. The highest BCUT2D eigenvalue weighted by molar-refractivity contribution is 6.30. The second kappa shape index (κ2) is 8.39. The number of carbonyl (C=O) groups is 2. The molecule has 1 aromatic carbocycles. The first kappa shape index (κ1) is 20.7. The molecular formula is C18H17ClF3N3O2. The largest absolute Gasteiger partial charge is 0.418 e. The first-order valence-corrected chi connectivity index (χ1v) is 8.39. The van der Waals surface area contributed by atoms with E-state index < -0.39 is 29.2 Å². The molecule has 0 fully saturated rings. The van der Waals surface area contributed by atoms with E-state index >= 15 is 0 Å². The average Bonchev–Trinajstić information content (AvgIpc) is 2.60. The fraction of sp³-hybridized carbons (Fsp3) is 0.278. The molecule has 0 spiro atoms. The number of halogens is 4. The molecule has 5 nitrogen and oxygen atoms in total. The molecule has 1 aromatic heterocycles. The SMILES string of the molecule is CC(C)CNC(=O)c1cccc(C(=O)Nc2ccc(Cl)cc2C(F)(F)F)n1. The number of pyridine rings is 1. The van der Waals surface area contributed by atoms with Crippen molar-refractivity contribution in [2.75, 3.05) is 11.9 Å². The van der Waals surface area contributed by atoms with E-state index in [1.165, 1.54) is 24.3 Å². The number of hydrogen-bond donors (Lipinski definition) is 2. The van der Waals surface area contributed by atoms with E-state index in [0.29, 0.717) is 6.54 Å². The summed E-state index contributed by atoms with van der Waals surface area (Å²) in [6.07, 6.45) is -4.69. The van der Waals surface area contributed by atoms with Gasteiger partial charge in [0.2, 0.25) is 0 Å². The van der Waals surface area contributed by atoms with Gasteiger partial charge in [0.15, 0.2) is 0 Å². The Hall–Kier alpha value is -2.61. The molecule has 2 N–H and O–H groups in total. The van der Waals surface area contributed by atoms with Gasteiger partial charge in [0.1, 0.15) is 11.4 Å². The van der Waals surface area contributed by atoms with Crippen LogP contribution in [-0.2, 0) is 6.18 Å². The lowest BCUT2D eigenvalue weighted by molar-refractivity contribution is -0.136. The minimum atomic E-state index is -4.69. The summed E-state index contributed by atoms with van der Waals surface area (Å²) >= 11 is 5.61. The number of benzene rings is 1. The van der Waals surface area contributed by atoms with Crippen molar-refractivity contribution in [1.29, 1.82) is 0 Å². The van der Waals surface area contributed by atoms with Crippen molar-refractivity contribution in [1.82, 2.24) is 10.3 Å². The zero-order valence-electron chi connectivity index (χ0n) is 14.5. The lowest BCUT2D eigenvalue weighted by Crippen LogP contribution is -2.28. The second-order valence-corrected chi connectivity index (χ2v) is 6.59. The Morgan fingerprint density at radius 2 is 1.74 bits per heavy atom. The second-order valence-electron chi connectivity index (χ2n) is 6.15. The molecule has 0 saturated carbocycles. The molecule has 0 aliphatic carbocycles. The number of alkyl halides is 3.